The van der Waals surface area contributed by atoms with Gasteiger partial charge in [0, 0.05) is 38.7 Å². The number of nitrogens with zero attached hydrogens (tertiary/aromatic N) is 5. The fourth-order valence-corrected chi connectivity index (χ4v) is 3.14. The summed E-state index contributed by atoms with van der Waals surface area (Å²) >= 11 is 0. The van der Waals surface area contributed by atoms with Crippen LogP contribution in [0.4, 0.5) is 11.5 Å². The van der Waals surface area contributed by atoms with Crippen LogP contribution < -0.4 is 15.0 Å². The first kappa shape index (κ1) is 19.8. The molecule has 9 nitrogen and oxygen atoms in total. The maximum Gasteiger partial charge on any atom is 0.255 e. The minimum absolute atomic E-state index is 0.203. The van der Waals surface area contributed by atoms with E-state index in [0.29, 0.717) is 28.7 Å². The van der Waals surface area contributed by atoms with Crippen molar-refractivity contribution in [1.82, 2.24) is 20.0 Å². The van der Waals surface area contributed by atoms with E-state index in [1.54, 1.807) is 37.4 Å². The lowest BCUT2D eigenvalue weighted by atomic mass is 10.2. The van der Waals surface area contributed by atoms with Crippen molar-refractivity contribution in [2.75, 3.05) is 43.4 Å². The van der Waals surface area contributed by atoms with Gasteiger partial charge < -0.3 is 24.4 Å². The number of likely N-dealkylation sites (N-methyl/N-ethyl adjacent to an activating group) is 1. The van der Waals surface area contributed by atoms with Crippen molar-refractivity contribution >= 4 is 17.4 Å². The number of carbonyl (C=O) groups excluding carboxylic acids is 1. The van der Waals surface area contributed by atoms with E-state index >= 15 is 0 Å². The summed E-state index contributed by atoms with van der Waals surface area (Å²) < 4.78 is 10.5. The Bertz CT molecular complexity index is 979. The van der Waals surface area contributed by atoms with Gasteiger partial charge in [0.25, 0.3) is 5.91 Å². The normalized spacial score (nSPS) is 14.5. The fraction of sp³-hybridized carbons (Fsp3) is 0.333. The van der Waals surface area contributed by atoms with Gasteiger partial charge >= 0.3 is 0 Å². The minimum Gasteiger partial charge on any atom is -0.485 e. The Hall–Kier alpha value is -3.46. The molecule has 0 bridgehead atoms. The molecule has 1 aliphatic heterocycles. The van der Waals surface area contributed by atoms with Gasteiger partial charge in [-0.05, 0) is 43.4 Å². The molecule has 0 radical (unpaired) electrons. The number of aromatic nitrogens is 3. The van der Waals surface area contributed by atoms with E-state index in [0.717, 1.165) is 32.0 Å². The maximum absolute atomic E-state index is 12.5. The summed E-state index contributed by atoms with van der Waals surface area (Å²) in [6, 6.07) is 10.7. The van der Waals surface area contributed by atoms with Crippen LogP contribution in [0, 0.1) is 6.92 Å². The zero-order valence-corrected chi connectivity index (χ0v) is 17.0. The van der Waals surface area contributed by atoms with E-state index in [9.17, 15) is 4.79 Å². The van der Waals surface area contributed by atoms with Crippen molar-refractivity contribution < 1.29 is 14.1 Å². The van der Waals surface area contributed by atoms with E-state index in [4.69, 9.17) is 9.26 Å². The topological polar surface area (TPSA) is 96.6 Å². The second-order valence-electron chi connectivity index (χ2n) is 7.19. The first-order valence-electron chi connectivity index (χ1n) is 9.80. The Morgan fingerprint density at radius 3 is 2.53 bits per heavy atom. The molecule has 3 heterocycles. The Morgan fingerprint density at radius 2 is 1.90 bits per heavy atom. The van der Waals surface area contributed by atoms with Gasteiger partial charge in [-0.25, -0.2) is 4.98 Å². The van der Waals surface area contributed by atoms with Gasteiger partial charge in [-0.15, -0.1) is 0 Å². The second kappa shape index (κ2) is 8.91. The second-order valence-corrected chi connectivity index (χ2v) is 7.19. The number of ether oxygens (including phenoxy) is 1. The first-order chi connectivity index (χ1) is 14.6. The Kier molecular flexibility index (Phi) is 5.89. The van der Waals surface area contributed by atoms with E-state index in [1.165, 1.54) is 0 Å². The molecule has 1 aliphatic rings. The van der Waals surface area contributed by atoms with Gasteiger partial charge in [0.05, 0.1) is 11.9 Å². The highest BCUT2D eigenvalue weighted by Crippen LogP contribution is 2.18. The van der Waals surface area contributed by atoms with Crippen molar-refractivity contribution in [3.05, 3.63) is 59.9 Å². The van der Waals surface area contributed by atoms with Crippen LogP contribution in [0.5, 0.6) is 5.75 Å². The van der Waals surface area contributed by atoms with Crippen molar-refractivity contribution in [3.8, 4) is 5.75 Å². The summed E-state index contributed by atoms with van der Waals surface area (Å²) in [5.74, 6) is 2.31. The number of aryl methyl sites for hydroxylation is 1. The molecule has 0 unspecified atom stereocenters. The predicted molar refractivity (Wildman–Crippen MR) is 112 cm³/mol. The van der Waals surface area contributed by atoms with E-state index in [-0.39, 0.29) is 12.5 Å². The number of anilines is 2. The molecular formula is C21H24N6O3. The van der Waals surface area contributed by atoms with Crippen LogP contribution in [0.25, 0.3) is 0 Å². The Balaban J connectivity index is 1.31. The first-order valence-corrected chi connectivity index (χ1v) is 9.80. The van der Waals surface area contributed by atoms with Crippen LogP contribution in [0.3, 0.4) is 0 Å². The monoisotopic (exact) mass is 408 g/mol. The standard InChI is InChI=1S/C21H24N6O3/c1-15-23-19(25-30-15)14-29-18-6-3-16(4-7-18)21(28)24-17-5-8-20(22-13-17)27-11-9-26(2)10-12-27/h3-8,13H,9-12,14H2,1-2H3,(H,24,28). The molecule has 1 aromatic carbocycles. The maximum atomic E-state index is 12.5. The number of pyridine rings is 1. The number of piperazine rings is 1. The van der Waals surface area contributed by atoms with E-state index in [1.807, 2.05) is 12.1 Å². The Labute approximate surface area is 174 Å². The summed E-state index contributed by atoms with van der Waals surface area (Å²) in [7, 11) is 2.12. The third kappa shape index (κ3) is 4.93. The molecule has 3 aromatic rings. The number of nitrogens with one attached hydrogen (secondary N) is 1. The molecule has 4 rings (SSSR count). The van der Waals surface area contributed by atoms with Crippen LogP contribution in [-0.2, 0) is 6.61 Å². The van der Waals surface area contributed by atoms with Crippen LogP contribution in [0.1, 0.15) is 22.1 Å². The smallest absolute Gasteiger partial charge is 0.255 e. The quantitative estimate of drug-likeness (QED) is 0.664. The molecule has 30 heavy (non-hydrogen) atoms. The number of rotatable bonds is 6. The Morgan fingerprint density at radius 1 is 1.13 bits per heavy atom. The summed E-state index contributed by atoms with van der Waals surface area (Å²) in [5, 5.41) is 6.65. The highest BCUT2D eigenvalue weighted by Gasteiger charge is 2.15. The lowest BCUT2D eigenvalue weighted by molar-refractivity contribution is 0.102. The molecule has 1 fully saturated rings. The summed E-state index contributed by atoms with van der Waals surface area (Å²) in [4.78, 5) is 25.6. The average molecular weight is 408 g/mol. The van der Waals surface area contributed by atoms with E-state index in [2.05, 4.69) is 37.3 Å². The number of carbonyl (C=O) groups is 1. The van der Waals surface area contributed by atoms with Gasteiger partial charge in [-0.2, -0.15) is 4.98 Å². The van der Waals surface area contributed by atoms with Crippen molar-refractivity contribution in [2.45, 2.75) is 13.5 Å². The molecule has 1 N–H and O–H groups in total. The molecule has 156 valence electrons. The molecule has 0 spiro atoms. The summed E-state index contributed by atoms with van der Waals surface area (Å²) in [5.41, 5.74) is 1.19. The number of hydrogen-bond donors (Lipinski definition) is 1. The SMILES string of the molecule is Cc1nc(COc2ccc(C(=O)Nc3ccc(N4CCN(C)CC4)nc3)cc2)no1. The lowest BCUT2D eigenvalue weighted by Crippen LogP contribution is -2.44. The van der Waals surface area contributed by atoms with Crippen LogP contribution in [0.2, 0.25) is 0 Å². The molecule has 1 amide bonds. The molecule has 2 aromatic heterocycles. The molecule has 0 atom stereocenters. The third-order valence-corrected chi connectivity index (χ3v) is 4.89. The van der Waals surface area contributed by atoms with Gasteiger partial charge in [0.2, 0.25) is 11.7 Å². The highest BCUT2D eigenvalue weighted by atomic mass is 16.5. The van der Waals surface area contributed by atoms with Crippen LogP contribution in [0.15, 0.2) is 47.1 Å². The zero-order valence-electron chi connectivity index (χ0n) is 17.0. The lowest BCUT2D eigenvalue weighted by Gasteiger charge is -2.33. The van der Waals surface area contributed by atoms with Gasteiger partial charge in [0.1, 0.15) is 11.6 Å². The predicted octanol–water partition coefficient (Wildman–Crippen LogP) is 2.36. The summed E-state index contributed by atoms with van der Waals surface area (Å²) in [6.07, 6.45) is 1.69. The third-order valence-electron chi connectivity index (χ3n) is 4.89. The van der Waals surface area contributed by atoms with Crippen LogP contribution >= 0.6 is 0 Å². The molecular weight excluding hydrogens is 384 g/mol. The highest BCUT2D eigenvalue weighted by molar-refractivity contribution is 6.04. The number of amides is 1. The van der Waals surface area contributed by atoms with Crippen LogP contribution in [-0.4, -0.2) is 59.2 Å². The fourth-order valence-electron chi connectivity index (χ4n) is 3.14. The van der Waals surface area contributed by atoms with Gasteiger partial charge in [-0.3, -0.25) is 4.79 Å². The molecule has 1 saturated heterocycles. The number of hydrogen-bond acceptors (Lipinski definition) is 8. The molecule has 9 heteroatoms. The van der Waals surface area contributed by atoms with Gasteiger partial charge in [-0.1, -0.05) is 5.16 Å². The summed E-state index contributed by atoms with van der Waals surface area (Å²) in [6.45, 7) is 5.88. The van der Waals surface area contributed by atoms with Gasteiger partial charge in [0.15, 0.2) is 6.61 Å². The van der Waals surface area contributed by atoms with Crippen molar-refractivity contribution in [1.29, 1.82) is 0 Å². The van der Waals surface area contributed by atoms with Crippen molar-refractivity contribution in [2.24, 2.45) is 0 Å². The van der Waals surface area contributed by atoms with Crippen molar-refractivity contribution in [3.63, 3.8) is 0 Å². The zero-order chi connectivity index (χ0) is 20.9. The minimum atomic E-state index is -0.204. The van der Waals surface area contributed by atoms with E-state index < -0.39 is 0 Å². The largest absolute Gasteiger partial charge is 0.485 e. The average Bonchev–Trinajstić information content (AvgIpc) is 3.19. The molecule has 0 aliphatic carbocycles. The molecule has 0 saturated carbocycles. The number of benzene rings is 1.